The molecule has 1 atom stereocenters. The fourth-order valence-corrected chi connectivity index (χ4v) is 2.15. The van der Waals surface area contributed by atoms with Gasteiger partial charge in [0.25, 0.3) is 0 Å². The number of nitrogens with zero attached hydrogens (tertiary/aromatic N) is 1. The normalized spacial score (nSPS) is 19.8. The molecule has 0 heterocycles. The lowest BCUT2D eigenvalue weighted by atomic mass is 10.0. The van der Waals surface area contributed by atoms with Crippen LogP contribution in [-0.2, 0) is 9.53 Å². The number of halogens is 3. The molecular weight excluding hydrogens is 279 g/mol. The Labute approximate surface area is 111 Å². The van der Waals surface area contributed by atoms with Gasteiger partial charge >= 0.3 is 12.3 Å². The van der Waals surface area contributed by atoms with Gasteiger partial charge in [0.05, 0.1) is 18.7 Å². The van der Waals surface area contributed by atoms with Crippen LogP contribution in [0.4, 0.5) is 13.2 Å². The van der Waals surface area contributed by atoms with Gasteiger partial charge in [-0.25, -0.2) is 0 Å². The number of ether oxygens (including phenoxy) is 2. The summed E-state index contributed by atoms with van der Waals surface area (Å²) in [6.45, 7) is 0. The monoisotopic (exact) mass is 289 g/mol. The number of rotatable bonds is 2. The molecule has 0 radical (unpaired) electrons. The molecule has 0 aromatic heterocycles. The van der Waals surface area contributed by atoms with Crippen molar-refractivity contribution in [3.05, 3.63) is 29.3 Å². The molecule has 2 rings (SSSR count). The fraction of sp³-hybridized carbons (Fsp3) is 0.333. The van der Waals surface area contributed by atoms with Crippen molar-refractivity contribution in [1.29, 1.82) is 0 Å². The van der Waals surface area contributed by atoms with Crippen molar-refractivity contribution in [2.24, 2.45) is 5.16 Å². The van der Waals surface area contributed by atoms with E-state index in [1.165, 1.54) is 13.2 Å². The van der Waals surface area contributed by atoms with E-state index in [0.29, 0.717) is 5.56 Å². The van der Waals surface area contributed by atoms with E-state index in [4.69, 9.17) is 5.21 Å². The summed E-state index contributed by atoms with van der Waals surface area (Å²) < 4.78 is 44.9. The highest BCUT2D eigenvalue weighted by Crippen LogP contribution is 2.37. The minimum absolute atomic E-state index is 0.0635. The first-order chi connectivity index (χ1) is 9.35. The summed E-state index contributed by atoms with van der Waals surface area (Å²) in [7, 11) is 1.17. The number of alkyl halides is 3. The molecule has 1 aliphatic carbocycles. The van der Waals surface area contributed by atoms with Gasteiger partial charge in [-0.05, 0) is 23.8 Å². The first-order valence-electron chi connectivity index (χ1n) is 5.54. The van der Waals surface area contributed by atoms with Gasteiger partial charge in [-0.2, -0.15) is 0 Å². The molecule has 1 aromatic carbocycles. The van der Waals surface area contributed by atoms with Crippen LogP contribution >= 0.6 is 0 Å². The summed E-state index contributed by atoms with van der Waals surface area (Å²) in [6, 6.07) is 3.51. The maximum Gasteiger partial charge on any atom is 0.573 e. The SMILES string of the molecule is COC(=O)C1C/C(=N\O)c2ccc(OC(F)(F)F)cc21. The zero-order valence-corrected chi connectivity index (χ0v) is 10.3. The van der Waals surface area contributed by atoms with E-state index in [-0.39, 0.29) is 17.7 Å². The Morgan fingerprint density at radius 3 is 2.70 bits per heavy atom. The van der Waals surface area contributed by atoms with Crippen LogP contribution in [0.25, 0.3) is 0 Å². The summed E-state index contributed by atoms with van der Waals surface area (Å²) in [5.41, 5.74) is 0.901. The third-order valence-corrected chi connectivity index (χ3v) is 2.95. The summed E-state index contributed by atoms with van der Waals surface area (Å²) in [5, 5.41) is 11.9. The van der Waals surface area contributed by atoms with Crippen LogP contribution in [0.5, 0.6) is 5.75 Å². The van der Waals surface area contributed by atoms with Crippen molar-refractivity contribution >= 4 is 11.7 Å². The molecule has 1 aromatic rings. The summed E-state index contributed by atoms with van der Waals surface area (Å²) in [4.78, 5) is 11.6. The third-order valence-electron chi connectivity index (χ3n) is 2.95. The Balaban J connectivity index is 2.42. The molecule has 0 bridgehead atoms. The van der Waals surface area contributed by atoms with Gasteiger partial charge in [0.15, 0.2) is 0 Å². The molecule has 1 unspecified atom stereocenters. The van der Waals surface area contributed by atoms with E-state index < -0.39 is 24.0 Å². The highest BCUT2D eigenvalue weighted by atomic mass is 19.4. The lowest BCUT2D eigenvalue weighted by molar-refractivity contribution is -0.274. The smallest absolute Gasteiger partial charge is 0.469 e. The molecule has 8 heteroatoms. The Morgan fingerprint density at radius 2 is 2.15 bits per heavy atom. The molecule has 0 amide bonds. The molecule has 0 fully saturated rings. The van der Waals surface area contributed by atoms with Crippen LogP contribution in [0.1, 0.15) is 23.5 Å². The zero-order chi connectivity index (χ0) is 14.9. The standard InChI is InChI=1S/C12H10F3NO4/c1-19-11(17)9-5-10(16-18)7-3-2-6(4-8(7)9)20-12(13,14)15/h2-4,9,18H,5H2,1H3/b16-10+. The zero-order valence-electron chi connectivity index (χ0n) is 10.3. The van der Waals surface area contributed by atoms with E-state index in [2.05, 4.69) is 14.6 Å². The van der Waals surface area contributed by atoms with Crippen molar-refractivity contribution in [3.8, 4) is 5.75 Å². The predicted octanol–water partition coefficient (Wildman–Crippen LogP) is 2.42. The lowest BCUT2D eigenvalue weighted by Crippen LogP contribution is -2.17. The van der Waals surface area contributed by atoms with Gasteiger partial charge in [-0.3, -0.25) is 4.79 Å². The minimum Gasteiger partial charge on any atom is -0.469 e. The van der Waals surface area contributed by atoms with Crippen LogP contribution in [-0.4, -0.2) is 30.4 Å². The Hall–Kier alpha value is -2.25. The number of fused-ring (bicyclic) bond motifs is 1. The summed E-state index contributed by atoms with van der Waals surface area (Å²) >= 11 is 0. The Kier molecular flexibility index (Phi) is 3.56. The molecule has 20 heavy (non-hydrogen) atoms. The van der Waals surface area contributed by atoms with Crippen LogP contribution in [0, 0.1) is 0 Å². The number of hydrogen-bond acceptors (Lipinski definition) is 5. The first kappa shape index (κ1) is 14.2. The predicted molar refractivity (Wildman–Crippen MR) is 60.8 cm³/mol. The molecule has 0 spiro atoms. The molecule has 1 aliphatic rings. The van der Waals surface area contributed by atoms with Crippen molar-refractivity contribution < 1.29 is 32.6 Å². The number of oxime groups is 1. The third kappa shape index (κ3) is 2.68. The van der Waals surface area contributed by atoms with Gasteiger partial charge in [-0.1, -0.05) is 5.16 Å². The molecule has 5 nitrogen and oxygen atoms in total. The lowest BCUT2D eigenvalue weighted by Gasteiger charge is -2.12. The Morgan fingerprint density at radius 1 is 1.45 bits per heavy atom. The number of methoxy groups -OCH3 is 1. The van der Waals surface area contributed by atoms with Crippen LogP contribution in [0.15, 0.2) is 23.4 Å². The minimum atomic E-state index is -4.82. The second-order valence-electron chi connectivity index (χ2n) is 4.12. The molecular formula is C12H10F3NO4. The van der Waals surface area contributed by atoms with E-state index >= 15 is 0 Å². The van der Waals surface area contributed by atoms with Crippen molar-refractivity contribution in [2.75, 3.05) is 7.11 Å². The average molecular weight is 289 g/mol. The Bertz CT molecular complexity index is 568. The van der Waals surface area contributed by atoms with Crippen LogP contribution in [0.3, 0.4) is 0 Å². The quantitative estimate of drug-likeness (QED) is 0.516. The van der Waals surface area contributed by atoms with Crippen LogP contribution < -0.4 is 4.74 Å². The molecule has 0 saturated carbocycles. The second kappa shape index (κ2) is 5.03. The van der Waals surface area contributed by atoms with Crippen LogP contribution in [0.2, 0.25) is 0 Å². The summed E-state index contributed by atoms with van der Waals surface area (Å²) in [6.07, 6.45) is -4.75. The molecule has 108 valence electrons. The van der Waals surface area contributed by atoms with Crippen molar-refractivity contribution in [2.45, 2.75) is 18.7 Å². The van der Waals surface area contributed by atoms with Gasteiger partial charge in [0.2, 0.25) is 0 Å². The maximum absolute atomic E-state index is 12.2. The van der Waals surface area contributed by atoms with Crippen molar-refractivity contribution in [3.63, 3.8) is 0 Å². The van der Waals surface area contributed by atoms with Gasteiger partial charge in [0, 0.05) is 12.0 Å². The largest absolute Gasteiger partial charge is 0.573 e. The van der Waals surface area contributed by atoms with Crippen molar-refractivity contribution in [1.82, 2.24) is 0 Å². The van der Waals surface area contributed by atoms with Gasteiger partial charge < -0.3 is 14.7 Å². The average Bonchev–Trinajstić information content (AvgIpc) is 2.74. The molecule has 0 aliphatic heterocycles. The van der Waals surface area contributed by atoms with E-state index in [1.807, 2.05) is 0 Å². The number of hydrogen-bond donors (Lipinski definition) is 1. The first-order valence-corrected chi connectivity index (χ1v) is 5.54. The maximum atomic E-state index is 12.2. The van der Waals surface area contributed by atoms with Gasteiger partial charge in [-0.15, -0.1) is 13.2 Å². The fourth-order valence-electron chi connectivity index (χ4n) is 2.15. The van der Waals surface area contributed by atoms with E-state index in [1.54, 1.807) is 0 Å². The second-order valence-corrected chi connectivity index (χ2v) is 4.12. The topological polar surface area (TPSA) is 68.1 Å². The number of carbonyl (C=O) groups excluding carboxylic acids is 1. The number of esters is 1. The highest BCUT2D eigenvalue weighted by Gasteiger charge is 2.36. The highest BCUT2D eigenvalue weighted by molar-refractivity contribution is 6.09. The van der Waals surface area contributed by atoms with Gasteiger partial charge in [0.1, 0.15) is 5.75 Å². The number of benzene rings is 1. The van der Waals surface area contributed by atoms with E-state index in [9.17, 15) is 18.0 Å². The molecule has 0 saturated heterocycles. The number of carbonyl (C=O) groups is 1. The molecule has 1 N–H and O–H groups in total. The van der Waals surface area contributed by atoms with E-state index in [0.717, 1.165) is 12.1 Å². The summed E-state index contributed by atoms with van der Waals surface area (Å²) in [5.74, 6) is -1.86.